The first-order valence-corrected chi connectivity index (χ1v) is 6.17. The van der Waals surface area contributed by atoms with Gasteiger partial charge in [0.15, 0.2) is 0 Å². The number of carbonyl (C=O) groups is 1. The monoisotopic (exact) mass is 244 g/mol. The predicted octanol–water partition coefficient (Wildman–Crippen LogP) is 1.12. The summed E-state index contributed by atoms with van der Waals surface area (Å²) in [4.78, 5) is 11.5. The van der Waals surface area contributed by atoms with Gasteiger partial charge in [0.2, 0.25) is 0 Å². The van der Waals surface area contributed by atoms with Crippen LogP contribution < -0.4 is 11.1 Å². The van der Waals surface area contributed by atoms with Gasteiger partial charge in [0.25, 0.3) is 0 Å². The SMILES string of the molecule is CC(C)(C)OC(=O)NCC1CCOCC1CN. The molecular formula is C12H24N2O3. The number of rotatable bonds is 3. The van der Waals surface area contributed by atoms with Gasteiger partial charge in [0.05, 0.1) is 6.61 Å². The Morgan fingerprint density at radius 2 is 2.18 bits per heavy atom. The molecular weight excluding hydrogens is 220 g/mol. The second-order valence-corrected chi connectivity index (χ2v) is 5.50. The van der Waals surface area contributed by atoms with Crippen molar-refractivity contribution < 1.29 is 14.3 Å². The van der Waals surface area contributed by atoms with Gasteiger partial charge in [0, 0.05) is 13.2 Å². The minimum atomic E-state index is -0.451. The summed E-state index contributed by atoms with van der Waals surface area (Å²) in [6.07, 6.45) is 0.581. The molecule has 1 amide bonds. The summed E-state index contributed by atoms with van der Waals surface area (Å²) in [6, 6.07) is 0. The van der Waals surface area contributed by atoms with Gasteiger partial charge in [-0.2, -0.15) is 0 Å². The van der Waals surface area contributed by atoms with E-state index in [0.717, 1.165) is 13.0 Å². The van der Waals surface area contributed by atoms with Crippen molar-refractivity contribution in [2.45, 2.75) is 32.8 Å². The van der Waals surface area contributed by atoms with Crippen molar-refractivity contribution >= 4 is 6.09 Å². The van der Waals surface area contributed by atoms with Crippen LogP contribution in [0.3, 0.4) is 0 Å². The molecule has 5 heteroatoms. The van der Waals surface area contributed by atoms with Crippen molar-refractivity contribution in [2.24, 2.45) is 17.6 Å². The Bertz CT molecular complexity index is 251. The van der Waals surface area contributed by atoms with Crippen LogP contribution in [0.1, 0.15) is 27.2 Å². The molecule has 1 aliphatic heterocycles. The molecule has 0 spiro atoms. The maximum Gasteiger partial charge on any atom is 0.407 e. The van der Waals surface area contributed by atoms with Gasteiger partial charge in [-0.05, 0) is 45.6 Å². The predicted molar refractivity (Wildman–Crippen MR) is 65.7 cm³/mol. The van der Waals surface area contributed by atoms with Crippen LogP contribution in [-0.2, 0) is 9.47 Å². The highest BCUT2D eigenvalue weighted by Crippen LogP contribution is 2.20. The zero-order valence-corrected chi connectivity index (χ0v) is 11.0. The maximum atomic E-state index is 11.5. The Morgan fingerprint density at radius 1 is 1.47 bits per heavy atom. The molecule has 3 N–H and O–H groups in total. The summed E-state index contributed by atoms with van der Waals surface area (Å²) < 4.78 is 10.6. The number of alkyl carbamates (subject to hydrolysis) is 1. The quantitative estimate of drug-likeness (QED) is 0.780. The number of carbonyl (C=O) groups excluding carboxylic acids is 1. The first-order chi connectivity index (χ1) is 7.92. The highest BCUT2D eigenvalue weighted by molar-refractivity contribution is 5.67. The third-order valence-corrected chi connectivity index (χ3v) is 2.84. The molecule has 0 saturated carbocycles. The van der Waals surface area contributed by atoms with Crippen LogP contribution >= 0.6 is 0 Å². The second kappa shape index (κ2) is 6.21. The Hall–Kier alpha value is -0.810. The number of hydrogen-bond acceptors (Lipinski definition) is 4. The van der Waals surface area contributed by atoms with E-state index in [1.807, 2.05) is 20.8 Å². The van der Waals surface area contributed by atoms with Crippen molar-refractivity contribution in [2.75, 3.05) is 26.3 Å². The molecule has 0 aliphatic carbocycles. The van der Waals surface area contributed by atoms with Crippen LogP contribution in [0.5, 0.6) is 0 Å². The van der Waals surface area contributed by atoms with Gasteiger partial charge in [-0.3, -0.25) is 0 Å². The topological polar surface area (TPSA) is 73.6 Å². The minimum Gasteiger partial charge on any atom is -0.444 e. The largest absolute Gasteiger partial charge is 0.444 e. The van der Waals surface area contributed by atoms with E-state index >= 15 is 0 Å². The first-order valence-electron chi connectivity index (χ1n) is 6.17. The average molecular weight is 244 g/mol. The van der Waals surface area contributed by atoms with Gasteiger partial charge >= 0.3 is 6.09 Å². The molecule has 100 valence electrons. The second-order valence-electron chi connectivity index (χ2n) is 5.50. The lowest BCUT2D eigenvalue weighted by atomic mass is 9.88. The van der Waals surface area contributed by atoms with E-state index in [-0.39, 0.29) is 6.09 Å². The molecule has 1 saturated heterocycles. The summed E-state index contributed by atoms with van der Waals surface area (Å²) in [6.45, 7) is 8.20. The smallest absolute Gasteiger partial charge is 0.407 e. The Balaban J connectivity index is 2.31. The molecule has 1 aliphatic rings. The Morgan fingerprint density at radius 3 is 2.76 bits per heavy atom. The van der Waals surface area contributed by atoms with Crippen LogP contribution in [0.25, 0.3) is 0 Å². The van der Waals surface area contributed by atoms with Gasteiger partial charge < -0.3 is 20.5 Å². The normalized spacial score (nSPS) is 25.4. The summed E-state index contributed by atoms with van der Waals surface area (Å²) in [5, 5.41) is 2.80. The van der Waals surface area contributed by atoms with E-state index in [1.54, 1.807) is 0 Å². The Labute approximate surface area is 103 Å². The molecule has 1 fully saturated rings. The number of nitrogens with one attached hydrogen (secondary N) is 1. The molecule has 0 aromatic carbocycles. The molecule has 0 radical (unpaired) electrons. The van der Waals surface area contributed by atoms with E-state index in [1.165, 1.54) is 0 Å². The lowest BCUT2D eigenvalue weighted by molar-refractivity contribution is 0.0167. The van der Waals surface area contributed by atoms with Crippen LogP contribution in [0, 0.1) is 11.8 Å². The van der Waals surface area contributed by atoms with E-state index < -0.39 is 5.60 Å². The fraction of sp³-hybridized carbons (Fsp3) is 0.917. The molecule has 5 nitrogen and oxygen atoms in total. The van der Waals surface area contributed by atoms with E-state index in [9.17, 15) is 4.79 Å². The van der Waals surface area contributed by atoms with E-state index in [4.69, 9.17) is 15.2 Å². The maximum absolute atomic E-state index is 11.5. The zero-order valence-electron chi connectivity index (χ0n) is 11.0. The lowest BCUT2D eigenvalue weighted by Crippen LogP contribution is -2.42. The highest BCUT2D eigenvalue weighted by Gasteiger charge is 2.25. The van der Waals surface area contributed by atoms with E-state index in [2.05, 4.69) is 5.32 Å². The fourth-order valence-corrected chi connectivity index (χ4v) is 1.90. The van der Waals surface area contributed by atoms with E-state index in [0.29, 0.717) is 31.5 Å². The average Bonchev–Trinajstić information content (AvgIpc) is 2.24. The summed E-state index contributed by atoms with van der Waals surface area (Å²) in [7, 11) is 0. The number of hydrogen-bond donors (Lipinski definition) is 2. The van der Waals surface area contributed by atoms with Gasteiger partial charge in [-0.1, -0.05) is 0 Å². The van der Waals surface area contributed by atoms with Gasteiger partial charge in [-0.15, -0.1) is 0 Å². The first kappa shape index (κ1) is 14.3. The van der Waals surface area contributed by atoms with Crippen molar-refractivity contribution in [3.05, 3.63) is 0 Å². The number of amides is 1. The molecule has 17 heavy (non-hydrogen) atoms. The molecule has 0 bridgehead atoms. The van der Waals surface area contributed by atoms with Gasteiger partial charge in [-0.25, -0.2) is 4.79 Å². The van der Waals surface area contributed by atoms with Crippen LogP contribution in [0.15, 0.2) is 0 Å². The van der Waals surface area contributed by atoms with Crippen LogP contribution in [0.2, 0.25) is 0 Å². The molecule has 1 rings (SSSR count). The molecule has 0 aromatic rings. The zero-order chi connectivity index (χ0) is 12.9. The van der Waals surface area contributed by atoms with Crippen molar-refractivity contribution in [1.29, 1.82) is 0 Å². The summed E-state index contributed by atoms with van der Waals surface area (Å²) >= 11 is 0. The minimum absolute atomic E-state index is 0.332. The molecule has 0 aromatic heterocycles. The molecule has 2 unspecified atom stereocenters. The highest BCUT2D eigenvalue weighted by atomic mass is 16.6. The van der Waals surface area contributed by atoms with Gasteiger partial charge in [0.1, 0.15) is 5.60 Å². The summed E-state index contributed by atoms with van der Waals surface area (Å²) in [5.41, 5.74) is 5.23. The van der Waals surface area contributed by atoms with Crippen molar-refractivity contribution in [3.63, 3.8) is 0 Å². The fourth-order valence-electron chi connectivity index (χ4n) is 1.90. The number of ether oxygens (including phenoxy) is 2. The van der Waals surface area contributed by atoms with Crippen molar-refractivity contribution in [1.82, 2.24) is 5.32 Å². The summed E-state index contributed by atoms with van der Waals surface area (Å²) in [5.74, 6) is 0.722. The lowest BCUT2D eigenvalue weighted by Gasteiger charge is -2.31. The van der Waals surface area contributed by atoms with Crippen molar-refractivity contribution in [3.8, 4) is 0 Å². The molecule has 1 heterocycles. The van der Waals surface area contributed by atoms with Crippen LogP contribution in [-0.4, -0.2) is 38.0 Å². The van der Waals surface area contributed by atoms with Crippen LogP contribution in [0.4, 0.5) is 4.79 Å². The molecule has 2 atom stereocenters. The Kier molecular flexibility index (Phi) is 5.21. The third-order valence-electron chi connectivity index (χ3n) is 2.84. The third kappa shape index (κ3) is 5.37. The standard InChI is InChI=1S/C12H24N2O3/c1-12(2,3)17-11(15)14-7-9-4-5-16-8-10(9)6-13/h9-10H,4-8,13H2,1-3H3,(H,14,15). The number of nitrogens with two attached hydrogens (primary N) is 1.